The maximum atomic E-state index is 11.8. The zero-order chi connectivity index (χ0) is 17.6. The Balaban J connectivity index is 1.49. The van der Waals surface area contributed by atoms with Gasteiger partial charge in [-0.05, 0) is 24.5 Å². The molecular formula is C17H19N3O5. The van der Waals surface area contributed by atoms with Crippen molar-refractivity contribution in [2.75, 3.05) is 0 Å². The van der Waals surface area contributed by atoms with Gasteiger partial charge in [0, 0.05) is 24.1 Å². The van der Waals surface area contributed by atoms with Gasteiger partial charge in [-0.2, -0.15) is 0 Å². The van der Waals surface area contributed by atoms with Gasteiger partial charge in [-0.25, -0.2) is 0 Å². The van der Waals surface area contributed by atoms with Crippen LogP contribution in [0.15, 0.2) is 28.7 Å². The molecular weight excluding hydrogens is 326 g/mol. The summed E-state index contributed by atoms with van der Waals surface area (Å²) in [5.41, 5.74) is 0.552. The van der Waals surface area contributed by atoms with E-state index in [4.69, 9.17) is 9.15 Å². The second kappa shape index (κ2) is 7.87. The summed E-state index contributed by atoms with van der Waals surface area (Å²) >= 11 is 0. The van der Waals surface area contributed by atoms with Crippen LogP contribution < -0.4 is 0 Å². The first-order valence-electron chi connectivity index (χ1n) is 8.34. The van der Waals surface area contributed by atoms with Crippen LogP contribution in [0.4, 0.5) is 5.69 Å². The van der Waals surface area contributed by atoms with Crippen LogP contribution in [0.3, 0.4) is 0 Å². The number of non-ortho nitro benzene ring substituents is 1. The Morgan fingerprint density at radius 2 is 1.96 bits per heavy atom. The van der Waals surface area contributed by atoms with E-state index in [1.54, 1.807) is 0 Å². The quantitative estimate of drug-likeness (QED) is 0.428. The molecule has 3 rings (SSSR count). The van der Waals surface area contributed by atoms with E-state index in [0.717, 1.165) is 6.42 Å². The number of nitro groups is 1. The molecule has 132 valence electrons. The fourth-order valence-electron chi connectivity index (χ4n) is 2.99. The van der Waals surface area contributed by atoms with Gasteiger partial charge in [-0.15, -0.1) is 10.2 Å². The summed E-state index contributed by atoms with van der Waals surface area (Å²) in [7, 11) is 0. The van der Waals surface area contributed by atoms with E-state index in [0.29, 0.717) is 17.9 Å². The zero-order valence-corrected chi connectivity index (χ0v) is 13.7. The van der Waals surface area contributed by atoms with Crippen LogP contribution in [0, 0.1) is 16.0 Å². The highest BCUT2D eigenvalue weighted by Gasteiger charge is 2.17. The number of hydrogen-bond acceptors (Lipinski definition) is 7. The smallest absolute Gasteiger partial charge is 0.306 e. The number of carbonyl (C=O) groups excluding carboxylic acids is 1. The Morgan fingerprint density at radius 3 is 2.64 bits per heavy atom. The third kappa shape index (κ3) is 4.62. The Kier molecular flexibility index (Phi) is 5.37. The lowest BCUT2D eigenvalue weighted by Gasteiger charge is -2.07. The number of hydrogen-bond donors (Lipinski definition) is 0. The SMILES string of the molecule is O=C(CCC1CCCC1)OCc1nnc(-c2ccc([N+](=O)[O-])cc2)o1. The summed E-state index contributed by atoms with van der Waals surface area (Å²) in [5, 5.41) is 18.3. The fourth-order valence-corrected chi connectivity index (χ4v) is 2.99. The number of ether oxygens (including phenoxy) is 1. The minimum Gasteiger partial charge on any atom is -0.456 e. The van der Waals surface area contributed by atoms with Crippen LogP contribution in [0.1, 0.15) is 44.4 Å². The summed E-state index contributed by atoms with van der Waals surface area (Å²) in [5.74, 6) is 0.807. The fraction of sp³-hybridized carbons (Fsp3) is 0.471. The van der Waals surface area contributed by atoms with Gasteiger partial charge in [0.25, 0.3) is 11.6 Å². The minimum absolute atomic E-state index is 0.0142. The molecule has 1 fully saturated rings. The lowest BCUT2D eigenvalue weighted by atomic mass is 10.0. The van der Waals surface area contributed by atoms with Crippen molar-refractivity contribution in [2.24, 2.45) is 5.92 Å². The van der Waals surface area contributed by atoms with Crippen LogP contribution in [-0.2, 0) is 16.1 Å². The predicted octanol–water partition coefficient (Wildman–Crippen LogP) is 3.66. The molecule has 8 nitrogen and oxygen atoms in total. The van der Waals surface area contributed by atoms with Crippen LogP contribution in [-0.4, -0.2) is 21.1 Å². The first-order chi connectivity index (χ1) is 12.1. The summed E-state index contributed by atoms with van der Waals surface area (Å²) < 4.78 is 10.6. The zero-order valence-electron chi connectivity index (χ0n) is 13.7. The van der Waals surface area contributed by atoms with Gasteiger partial charge in [-0.3, -0.25) is 14.9 Å². The molecule has 1 aromatic carbocycles. The van der Waals surface area contributed by atoms with Crippen molar-refractivity contribution in [3.63, 3.8) is 0 Å². The average Bonchev–Trinajstić information content (AvgIpc) is 3.30. The van der Waals surface area contributed by atoms with Crippen molar-refractivity contribution >= 4 is 11.7 Å². The Hall–Kier alpha value is -2.77. The maximum Gasteiger partial charge on any atom is 0.306 e. The highest BCUT2D eigenvalue weighted by Crippen LogP contribution is 2.28. The Labute approximate surface area is 144 Å². The standard InChI is InChI=1S/C17H19N3O5/c21-16(10-5-12-3-1-2-4-12)24-11-15-18-19-17(25-15)13-6-8-14(9-7-13)20(22)23/h6-9,12H,1-5,10-11H2. The van der Waals surface area contributed by atoms with Gasteiger partial charge >= 0.3 is 5.97 Å². The molecule has 1 aliphatic rings. The molecule has 0 aliphatic heterocycles. The van der Waals surface area contributed by atoms with Gasteiger partial charge < -0.3 is 9.15 Å². The van der Waals surface area contributed by atoms with Gasteiger partial charge in [0.15, 0.2) is 6.61 Å². The van der Waals surface area contributed by atoms with E-state index in [1.807, 2.05) is 0 Å². The van der Waals surface area contributed by atoms with Crippen molar-refractivity contribution in [2.45, 2.75) is 45.1 Å². The van der Waals surface area contributed by atoms with Crippen LogP contribution >= 0.6 is 0 Å². The predicted molar refractivity (Wildman–Crippen MR) is 87.4 cm³/mol. The van der Waals surface area contributed by atoms with Gasteiger partial charge in [0.1, 0.15) is 0 Å². The number of aromatic nitrogens is 2. The molecule has 0 spiro atoms. The summed E-state index contributed by atoms with van der Waals surface area (Å²) in [6, 6.07) is 5.79. The number of carbonyl (C=O) groups is 1. The van der Waals surface area contributed by atoms with Crippen LogP contribution in [0.2, 0.25) is 0 Å². The molecule has 1 aromatic heterocycles. The number of rotatable bonds is 7. The number of nitro benzene ring substituents is 1. The van der Waals surface area contributed by atoms with Crippen molar-refractivity contribution < 1.29 is 18.9 Å². The second-order valence-corrected chi connectivity index (χ2v) is 6.15. The molecule has 2 aromatic rings. The molecule has 25 heavy (non-hydrogen) atoms. The molecule has 0 bridgehead atoms. The number of esters is 1. The average molecular weight is 345 g/mol. The molecule has 0 saturated heterocycles. The van der Waals surface area contributed by atoms with Crippen LogP contribution in [0.5, 0.6) is 0 Å². The van der Waals surface area contributed by atoms with Gasteiger partial charge in [-0.1, -0.05) is 25.7 Å². The van der Waals surface area contributed by atoms with E-state index < -0.39 is 4.92 Å². The molecule has 8 heteroatoms. The topological polar surface area (TPSA) is 108 Å². The molecule has 1 heterocycles. The van der Waals surface area contributed by atoms with Gasteiger partial charge in [0.2, 0.25) is 5.89 Å². The largest absolute Gasteiger partial charge is 0.456 e. The van der Waals surface area contributed by atoms with E-state index >= 15 is 0 Å². The lowest BCUT2D eigenvalue weighted by Crippen LogP contribution is -2.07. The van der Waals surface area contributed by atoms with Crippen molar-refractivity contribution in [3.05, 3.63) is 40.3 Å². The molecule has 1 aliphatic carbocycles. The highest BCUT2D eigenvalue weighted by molar-refractivity contribution is 5.69. The van der Waals surface area contributed by atoms with Crippen molar-refractivity contribution in [3.8, 4) is 11.5 Å². The molecule has 0 atom stereocenters. The van der Waals surface area contributed by atoms with E-state index in [9.17, 15) is 14.9 Å². The Morgan fingerprint density at radius 1 is 1.24 bits per heavy atom. The van der Waals surface area contributed by atoms with E-state index in [2.05, 4.69) is 10.2 Å². The third-order valence-corrected chi connectivity index (χ3v) is 4.38. The first-order valence-corrected chi connectivity index (χ1v) is 8.34. The molecule has 1 saturated carbocycles. The van der Waals surface area contributed by atoms with E-state index in [-0.39, 0.29) is 30.0 Å². The third-order valence-electron chi connectivity index (χ3n) is 4.38. The van der Waals surface area contributed by atoms with Crippen molar-refractivity contribution in [1.82, 2.24) is 10.2 Å². The first kappa shape index (κ1) is 17.1. The molecule has 0 radical (unpaired) electrons. The maximum absolute atomic E-state index is 11.8. The summed E-state index contributed by atoms with van der Waals surface area (Å²) in [6.07, 6.45) is 6.20. The highest BCUT2D eigenvalue weighted by atomic mass is 16.6. The van der Waals surface area contributed by atoms with Gasteiger partial charge in [0.05, 0.1) is 4.92 Å². The Bertz CT molecular complexity index is 735. The second-order valence-electron chi connectivity index (χ2n) is 6.15. The molecule has 0 N–H and O–H groups in total. The molecule has 0 amide bonds. The van der Waals surface area contributed by atoms with E-state index in [1.165, 1.54) is 49.9 Å². The summed E-state index contributed by atoms with van der Waals surface area (Å²) in [6.45, 7) is -0.0660. The monoisotopic (exact) mass is 345 g/mol. The molecule has 0 unspecified atom stereocenters. The normalized spacial score (nSPS) is 14.6. The van der Waals surface area contributed by atoms with Crippen molar-refractivity contribution in [1.29, 1.82) is 0 Å². The number of benzene rings is 1. The lowest BCUT2D eigenvalue weighted by molar-refractivity contribution is -0.384. The summed E-state index contributed by atoms with van der Waals surface area (Å²) in [4.78, 5) is 21.9. The number of nitrogens with zero attached hydrogens (tertiary/aromatic N) is 3. The van der Waals surface area contributed by atoms with Crippen LogP contribution in [0.25, 0.3) is 11.5 Å². The minimum atomic E-state index is -0.478.